The number of nitrogens with one attached hydrogen (secondary N) is 1. The second-order valence-electron chi connectivity index (χ2n) is 7.31. The summed E-state index contributed by atoms with van der Waals surface area (Å²) < 4.78 is 10.2. The Kier molecular flexibility index (Phi) is 6.00. The number of benzene rings is 3. The van der Waals surface area contributed by atoms with Gasteiger partial charge in [0.2, 0.25) is 0 Å². The van der Waals surface area contributed by atoms with Crippen molar-refractivity contribution in [3.05, 3.63) is 95.1 Å². The average molecular weight is 416 g/mol. The third kappa shape index (κ3) is 4.44. The number of carbonyl (C=O) groups is 1. The fourth-order valence-electron chi connectivity index (χ4n) is 3.76. The quantitative estimate of drug-likeness (QED) is 0.602. The van der Waals surface area contributed by atoms with Crippen molar-refractivity contribution in [2.24, 2.45) is 4.99 Å². The average Bonchev–Trinajstić information content (AvgIpc) is 2.83. The summed E-state index contributed by atoms with van der Waals surface area (Å²) in [5.74, 6) is 0.624. The molecule has 0 fully saturated rings. The number of hydrogen-bond acceptors (Lipinski definition) is 6. The third-order valence-corrected chi connectivity index (χ3v) is 5.40. The molecule has 2 N–H and O–H groups in total. The van der Waals surface area contributed by atoms with Crippen LogP contribution in [0, 0.1) is 0 Å². The lowest BCUT2D eigenvalue weighted by atomic mass is 9.93. The Morgan fingerprint density at radius 1 is 1.03 bits per heavy atom. The molecule has 3 aromatic rings. The zero-order valence-electron chi connectivity index (χ0n) is 17.4. The van der Waals surface area contributed by atoms with E-state index in [0.29, 0.717) is 12.0 Å². The lowest BCUT2D eigenvalue weighted by Gasteiger charge is -2.31. The standard InChI is InChI=1S/C25H24N2O4/c1-30-19-7-5-6-18(14-19)21-15-22(20-8-3-4-9-23(20)28)27-24(26-21)16-10-12-17(13-11-16)25(29)31-2/h3-14,22,24,27-28H,15H2,1-2H3/t22-,24-/m1/s1. The summed E-state index contributed by atoms with van der Waals surface area (Å²) in [5.41, 5.74) is 4.09. The largest absolute Gasteiger partial charge is 0.508 e. The molecular formula is C25H24N2O4. The Balaban J connectivity index is 1.73. The van der Waals surface area contributed by atoms with E-state index in [9.17, 15) is 9.90 Å². The fourth-order valence-corrected chi connectivity index (χ4v) is 3.76. The van der Waals surface area contributed by atoms with Crippen molar-refractivity contribution >= 4 is 11.7 Å². The third-order valence-electron chi connectivity index (χ3n) is 5.40. The van der Waals surface area contributed by atoms with Gasteiger partial charge in [0.15, 0.2) is 0 Å². The molecule has 0 unspecified atom stereocenters. The Hall–Kier alpha value is -3.64. The molecule has 0 saturated heterocycles. The number of carbonyl (C=O) groups excluding carboxylic acids is 1. The molecule has 2 atom stereocenters. The van der Waals surface area contributed by atoms with Crippen molar-refractivity contribution in [2.75, 3.05) is 14.2 Å². The molecule has 0 aliphatic carbocycles. The van der Waals surface area contributed by atoms with Gasteiger partial charge in [-0.3, -0.25) is 10.3 Å². The van der Waals surface area contributed by atoms with Crippen LogP contribution in [0.2, 0.25) is 0 Å². The molecule has 1 aliphatic heterocycles. The predicted octanol–water partition coefficient (Wildman–Crippen LogP) is 4.41. The van der Waals surface area contributed by atoms with E-state index in [0.717, 1.165) is 28.2 Å². The molecule has 1 aliphatic rings. The van der Waals surface area contributed by atoms with Gasteiger partial charge in [0.05, 0.1) is 19.8 Å². The van der Waals surface area contributed by atoms with Crippen LogP contribution in [0.3, 0.4) is 0 Å². The molecular weight excluding hydrogens is 392 g/mol. The van der Waals surface area contributed by atoms with Crippen LogP contribution in [0.5, 0.6) is 11.5 Å². The molecule has 4 rings (SSSR count). The van der Waals surface area contributed by atoms with E-state index in [2.05, 4.69) is 5.32 Å². The van der Waals surface area contributed by atoms with E-state index < -0.39 is 0 Å². The van der Waals surface area contributed by atoms with E-state index in [1.807, 2.05) is 54.6 Å². The lowest BCUT2D eigenvalue weighted by molar-refractivity contribution is 0.0600. The van der Waals surface area contributed by atoms with Gasteiger partial charge in [-0.1, -0.05) is 42.5 Å². The summed E-state index contributed by atoms with van der Waals surface area (Å²) >= 11 is 0. The van der Waals surface area contributed by atoms with Crippen molar-refractivity contribution in [3.8, 4) is 11.5 Å². The number of aliphatic imine (C=N–C) groups is 1. The summed E-state index contributed by atoms with van der Waals surface area (Å²) in [5, 5.41) is 14.0. The molecule has 31 heavy (non-hydrogen) atoms. The van der Waals surface area contributed by atoms with Crippen molar-refractivity contribution in [3.63, 3.8) is 0 Å². The summed E-state index contributed by atoms with van der Waals surface area (Å²) in [7, 11) is 3.00. The van der Waals surface area contributed by atoms with Gasteiger partial charge in [0.1, 0.15) is 17.7 Å². The number of hydrogen-bond donors (Lipinski definition) is 2. The minimum absolute atomic E-state index is 0.134. The highest BCUT2D eigenvalue weighted by molar-refractivity contribution is 6.02. The molecule has 0 amide bonds. The van der Waals surface area contributed by atoms with Crippen LogP contribution in [-0.4, -0.2) is 31.0 Å². The molecule has 3 aromatic carbocycles. The molecule has 0 saturated carbocycles. The van der Waals surface area contributed by atoms with Crippen molar-refractivity contribution in [1.29, 1.82) is 0 Å². The van der Waals surface area contributed by atoms with Crippen LogP contribution in [0.15, 0.2) is 77.8 Å². The van der Waals surface area contributed by atoms with E-state index in [-0.39, 0.29) is 23.9 Å². The summed E-state index contributed by atoms with van der Waals surface area (Å²) in [4.78, 5) is 16.7. The van der Waals surface area contributed by atoms with Gasteiger partial charge >= 0.3 is 5.97 Å². The number of para-hydroxylation sites is 1. The van der Waals surface area contributed by atoms with Crippen LogP contribution in [0.4, 0.5) is 0 Å². The van der Waals surface area contributed by atoms with Crippen LogP contribution in [-0.2, 0) is 4.74 Å². The molecule has 0 radical (unpaired) electrons. The van der Waals surface area contributed by atoms with Gasteiger partial charge in [-0.05, 0) is 41.5 Å². The highest BCUT2D eigenvalue weighted by Crippen LogP contribution is 2.34. The monoisotopic (exact) mass is 416 g/mol. The molecule has 0 aromatic heterocycles. The second kappa shape index (κ2) is 9.02. The van der Waals surface area contributed by atoms with Gasteiger partial charge in [0, 0.05) is 23.7 Å². The maximum Gasteiger partial charge on any atom is 0.337 e. The summed E-state index contributed by atoms with van der Waals surface area (Å²) in [6.45, 7) is 0. The second-order valence-corrected chi connectivity index (χ2v) is 7.31. The van der Waals surface area contributed by atoms with Gasteiger partial charge in [-0.25, -0.2) is 4.79 Å². The number of ether oxygens (including phenoxy) is 2. The highest BCUT2D eigenvalue weighted by Gasteiger charge is 2.27. The van der Waals surface area contributed by atoms with Crippen LogP contribution >= 0.6 is 0 Å². The van der Waals surface area contributed by atoms with Gasteiger partial charge < -0.3 is 14.6 Å². The summed E-state index contributed by atoms with van der Waals surface area (Å²) in [6, 6.07) is 22.2. The van der Waals surface area contributed by atoms with Gasteiger partial charge in [-0.15, -0.1) is 0 Å². The van der Waals surface area contributed by atoms with Crippen molar-refractivity contribution in [2.45, 2.75) is 18.6 Å². The predicted molar refractivity (Wildman–Crippen MR) is 119 cm³/mol. The first-order valence-electron chi connectivity index (χ1n) is 10.0. The first-order valence-corrected chi connectivity index (χ1v) is 10.0. The van der Waals surface area contributed by atoms with E-state index >= 15 is 0 Å². The van der Waals surface area contributed by atoms with E-state index in [4.69, 9.17) is 14.5 Å². The topological polar surface area (TPSA) is 80.2 Å². The molecule has 0 bridgehead atoms. The first kappa shape index (κ1) is 20.6. The molecule has 0 spiro atoms. The van der Waals surface area contributed by atoms with Crippen LogP contribution < -0.4 is 10.1 Å². The van der Waals surface area contributed by atoms with Gasteiger partial charge in [-0.2, -0.15) is 0 Å². The number of aromatic hydroxyl groups is 1. The Morgan fingerprint density at radius 2 is 1.81 bits per heavy atom. The minimum Gasteiger partial charge on any atom is -0.508 e. The molecule has 6 nitrogen and oxygen atoms in total. The van der Waals surface area contributed by atoms with Crippen molar-refractivity contribution < 1.29 is 19.4 Å². The number of esters is 1. The first-order chi connectivity index (χ1) is 15.1. The Morgan fingerprint density at radius 3 is 2.52 bits per heavy atom. The number of methoxy groups -OCH3 is 2. The molecule has 158 valence electrons. The highest BCUT2D eigenvalue weighted by atomic mass is 16.5. The normalized spacial score (nSPS) is 18.2. The van der Waals surface area contributed by atoms with E-state index in [1.54, 1.807) is 25.3 Å². The Bertz CT molecular complexity index is 1110. The zero-order chi connectivity index (χ0) is 21.8. The molecule has 1 heterocycles. The SMILES string of the molecule is COC(=O)c1ccc([C@@H]2N=C(c3cccc(OC)c3)C[C@H](c3ccccc3O)N2)cc1. The minimum atomic E-state index is -0.379. The number of phenolic OH excluding ortho intramolecular Hbond substituents is 1. The van der Waals surface area contributed by atoms with Crippen LogP contribution in [0.1, 0.15) is 45.7 Å². The van der Waals surface area contributed by atoms with Crippen molar-refractivity contribution in [1.82, 2.24) is 5.32 Å². The number of nitrogens with zero attached hydrogens (tertiary/aromatic N) is 1. The van der Waals surface area contributed by atoms with E-state index in [1.165, 1.54) is 7.11 Å². The molecule has 6 heteroatoms. The number of phenols is 1. The lowest BCUT2D eigenvalue weighted by Crippen LogP contribution is -2.33. The Labute approximate surface area is 181 Å². The number of rotatable bonds is 5. The smallest absolute Gasteiger partial charge is 0.337 e. The maximum absolute atomic E-state index is 11.8. The summed E-state index contributed by atoms with van der Waals surface area (Å²) in [6.07, 6.45) is 0.271. The fraction of sp³-hybridized carbons (Fsp3) is 0.200. The van der Waals surface area contributed by atoms with Gasteiger partial charge in [0.25, 0.3) is 0 Å². The zero-order valence-corrected chi connectivity index (χ0v) is 17.4. The maximum atomic E-state index is 11.8. The van der Waals surface area contributed by atoms with Crippen LogP contribution in [0.25, 0.3) is 0 Å².